The van der Waals surface area contributed by atoms with Crippen molar-refractivity contribution in [2.45, 2.75) is 45.5 Å². The Bertz CT molecular complexity index is 955. The third kappa shape index (κ3) is 3.81. The van der Waals surface area contributed by atoms with E-state index in [4.69, 9.17) is 0 Å². The van der Waals surface area contributed by atoms with Crippen LogP contribution in [-0.4, -0.2) is 65.1 Å². The number of amides is 2. The minimum Gasteiger partial charge on any atom is -0.348 e. The van der Waals surface area contributed by atoms with E-state index in [0.29, 0.717) is 36.2 Å². The van der Waals surface area contributed by atoms with Crippen LogP contribution in [0.15, 0.2) is 11.6 Å². The molecule has 1 aliphatic carbocycles. The summed E-state index contributed by atoms with van der Waals surface area (Å²) < 4.78 is 37.8. The highest BCUT2D eigenvalue weighted by Gasteiger charge is 2.46. The average Bonchev–Trinajstić information content (AvgIpc) is 2.55. The number of rotatable bonds is 4. The van der Waals surface area contributed by atoms with Gasteiger partial charge in [-0.25, -0.2) is 4.98 Å². The maximum atomic E-state index is 12.6. The third-order valence-corrected chi connectivity index (χ3v) is 6.01. The second kappa shape index (κ2) is 7.38. The molecule has 4 rings (SSSR count). The van der Waals surface area contributed by atoms with Crippen LogP contribution >= 0.6 is 0 Å². The Labute approximate surface area is 177 Å². The van der Waals surface area contributed by atoms with Gasteiger partial charge in [0, 0.05) is 25.7 Å². The van der Waals surface area contributed by atoms with Gasteiger partial charge in [-0.2, -0.15) is 18.2 Å². The maximum Gasteiger partial charge on any atom is 0.395 e. The van der Waals surface area contributed by atoms with Crippen LogP contribution in [0.25, 0.3) is 0 Å². The number of nitrogens with one attached hydrogen (secondary N) is 2. The molecule has 8 nitrogen and oxygen atoms in total. The van der Waals surface area contributed by atoms with Crippen molar-refractivity contribution in [3.8, 4) is 0 Å². The highest BCUT2D eigenvalue weighted by Crippen LogP contribution is 2.40. The molecular weight excluding hydrogens is 413 g/mol. The molecule has 1 fully saturated rings. The second-order valence-corrected chi connectivity index (χ2v) is 8.72. The molecular formula is C20H25F3N6O2. The molecule has 2 N–H and O–H groups in total. The van der Waals surface area contributed by atoms with E-state index < -0.39 is 12.1 Å². The first-order valence-corrected chi connectivity index (χ1v) is 10.2. The van der Waals surface area contributed by atoms with Gasteiger partial charge >= 0.3 is 6.18 Å². The van der Waals surface area contributed by atoms with Crippen LogP contribution in [0.1, 0.15) is 26.0 Å². The lowest BCUT2D eigenvalue weighted by Crippen LogP contribution is -2.58. The number of likely N-dealkylation sites (tertiary alicyclic amines) is 1. The van der Waals surface area contributed by atoms with Crippen molar-refractivity contribution >= 4 is 29.3 Å². The summed E-state index contributed by atoms with van der Waals surface area (Å²) in [6.45, 7) is 6.45. The molecule has 0 saturated carbocycles. The van der Waals surface area contributed by atoms with Gasteiger partial charge in [0.1, 0.15) is 11.7 Å². The Morgan fingerprint density at radius 2 is 1.94 bits per heavy atom. The van der Waals surface area contributed by atoms with Crippen LogP contribution in [0.4, 0.5) is 30.6 Å². The predicted molar refractivity (Wildman–Crippen MR) is 109 cm³/mol. The number of halogens is 3. The van der Waals surface area contributed by atoms with Crippen molar-refractivity contribution in [1.82, 2.24) is 14.9 Å². The summed E-state index contributed by atoms with van der Waals surface area (Å²) in [4.78, 5) is 37.0. The van der Waals surface area contributed by atoms with Gasteiger partial charge < -0.3 is 20.4 Å². The summed E-state index contributed by atoms with van der Waals surface area (Å²) in [6.07, 6.45) is -3.53. The quantitative estimate of drug-likeness (QED) is 0.750. The van der Waals surface area contributed by atoms with Crippen LogP contribution in [-0.2, 0) is 9.59 Å². The van der Waals surface area contributed by atoms with E-state index >= 15 is 0 Å². The fourth-order valence-electron chi connectivity index (χ4n) is 4.22. The molecule has 2 atom stereocenters. The molecule has 3 aliphatic rings. The fourth-order valence-corrected chi connectivity index (χ4v) is 4.22. The average molecular weight is 438 g/mol. The SMILES string of the molecule is Cc1nc(NC2CN(C(=O)C3=CC(C(F)(F)F)C3)C2)nc2c1NC(=O)C(C(C)C)N2C. The van der Waals surface area contributed by atoms with Crippen molar-refractivity contribution < 1.29 is 22.8 Å². The number of likely N-dealkylation sites (N-methyl/N-ethyl adjacent to an activating group) is 1. The van der Waals surface area contributed by atoms with Crippen LogP contribution in [0.3, 0.4) is 0 Å². The maximum absolute atomic E-state index is 12.6. The van der Waals surface area contributed by atoms with E-state index in [2.05, 4.69) is 20.6 Å². The first kappa shape index (κ1) is 21.4. The Balaban J connectivity index is 1.39. The van der Waals surface area contributed by atoms with Gasteiger partial charge in [-0.1, -0.05) is 19.9 Å². The molecule has 0 spiro atoms. The number of nitrogens with zero attached hydrogens (tertiary/aromatic N) is 4. The van der Waals surface area contributed by atoms with E-state index in [9.17, 15) is 22.8 Å². The zero-order valence-electron chi connectivity index (χ0n) is 17.7. The van der Waals surface area contributed by atoms with Gasteiger partial charge in [-0.15, -0.1) is 0 Å². The van der Waals surface area contributed by atoms with Gasteiger partial charge in [0.2, 0.25) is 17.8 Å². The van der Waals surface area contributed by atoms with Crippen LogP contribution in [0, 0.1) is 18.8 Å². The molecule has 11 heteroatoms. The Hall–Kier alpha value is -2.85. The summed E-state index contributed by atoms with van der Waals surface area (Å²) in [5.41, 5.74) is 1.43. The molecule has 2 amide bonds. The summed E-state index contributed by atoms with van der Waals surface area (Å²) in [6, 6.07) is -0.437. The van der Waals surface area contributed by atoms with Crippen LogP contribution in [0.5, 0.6) is 0 Å². The number of hydrogen-bond donors (Lipinski definition) is 2. The van der Waals surface area contributed by atoms with Crippen molar-refractivity contribution in [1.29, 1.82) is 0 Å². The van der Waals surface area contributed by atoms with Crippen molar-refractivity contribution in [2.75, 3.05) is 35.7 Å². The minimum atomic E-state index is -4.29. The molecule has 2 unspecified atom stereocenters. The zero-order valence-corrected chi connectivity index (χ0v) is 17.7. The largest absolute Gasteiger partial charge is 0.395 e. The molecule has 3 heterocycles. The van der Waals surface area contributed by atoms with E-state index in [1.807, 2.05) is 25.8 Å². The first-order chi connectivity index (χ1) is 14.5. The lowest BCUT2D eigenvalue weighted by Gasteiger charge is -2.42. The van der Waals surface area contributed by atoms with Gasteiger partial charge in [0.05, 0.1) is 17.7 Å². The number of carbonyl (C=O) groups excluding carboxylic acids is 2. The van der Waals surface area contributed by atoms with E-state index in [1.54, 1.807) is 6.92 Å². The van der Waals surface area contributed by atoms with Crippen molar-refractivity contribution in [3.05, 3.63) is 17.3 Å². The van der Waals surface area contributed by atoms with Gasteiger partial charge in [-0.3, -0.25) is 9.59 Å². The molecule has 0 bridgehead atoms. The van der Waals surface area contributed by atoms with Crippen molar-refractivity contribution in [3.63, 3.8) is 0 Å². The number of alkyl halides is 3. The van der Waals surface area contributed by atoms with Gasteiger partial charge in [0.15, 0.2) is 5.82 Å². The monoisotopic (exact) mass is 438 g/mol. The summed E-state index contributed by atoms with van der Waals surface area (Å²) in [7, 11) is 1.82. The topological polar surface area (TPSA) is 90.5 Å². The van der Waals surface area contributed by atoms with Gasteiger partial charge in [-0.05, 0) is 19.3 Å². The lowest BCUT2D eigenvalue weighted by atomic mass is 9.84. The predicted octanol–water partition coefficient (Wildman–Crippen LogP) is 2.33. The van der Waals surface area contributed by atoms with E-state index in [-0.39, 0.29) is 41.8 Å². The third-order valence-electron chi connectivity index (χ3n) is 6.01. The normalized spacial score (nSPS) is 23.6. The molecule has 168 valence electrons. The molecule has 1 aromatic heterocycles. The number of aryl methyl sites for hydroxylation is 1. The number of aromatic nitrogens is 2. The molecule has 2 aliphatic heterocycles. The Morgan fingerprint density at radius 3 is 2.52 bits per heavy atom. The summed E-state index contributed by atoms with van der Waals surface area (Å²) in [5.74, 6) is -0.849. The fraction of sp³-hybridized carbons (Fsp3) is 0.600. The van der Waals surface area contributed by atoms with Gasteiger partial charge in [0.25, 0.3) is 0 Å². The van der Waals surface area contributed by atoms with Crippen LogP contribution in [0.2, 0.25) is 0 Å². The lowest BCUT2D eigenvalue weighted by molar-refractivity contribution is -0.166. The summed E-state index contributed by atoms with van der Waals surface area (Å²) in [5, 5.41) is 6.07. The Morgan fingerprint density at radius 1 is 1.29 bits per heavy atom. The minimum absolute atomic E-state index is 0.0915. The van der Waals surface area contributed by atoms with E-state index in [1.165, 1.54) is 4.90 Å². The molecule has 31 heavy (non-hydrogen) atoms. The second-order valence-electron chi connectivity index (χ2n) is 8.72. The summed E-state index contributed by atoms with van der Waals surface area (Å²) >= 11 is 0. The van der Waals surface area contributed by atoms with Crippen molar-refractivity contribution in [2.24, 2.45) is 11.8 Å². The standard InChI is InChI=1S/C20H25F3N6O2/c1-9(2)15-17(30)26-14-10(3)24-19(27-16(14)28(15)4)25-13-7-29(8-13)18(31)11-5-12(6-11)20(21,22)23/h5,9,12-13,15H,6-8H2,1-4H3,(H,26,30)(H,24,25,27). The highest BCUT2D eigenvalue weighted by molar-refractivity contribution is 6.03. The number of allylic oxidation sites excluding steroid dienone is 1. The highest BCUT2D eigenvalue weighted by atomic mass is 19.4. The van der Waals surface area contributed by atoms with Crippen LogP contribution < -0.4 is 15.5 Å². The molecule has 0 radical (unpaired) electrons. The molecule has 0 aromatic carbocycles. The smallest absolute Gasteiger partial charge is 0.348 e. The number of hydrogen-bond acceptors (Lipinski definition) is 6. The number of carbonyl (C=O) groups is 2. The molecule has 1 aromatic rings. The van der Waals surface area contributed by atoms with E-state index in [0.717, 1.165) is 6.08 Å². The number of fused-ring (bicyclic) bond motifs is 1. The molecule has 1 saturated heterocycles. The Kier molecular flexibility index (Phi) is 5.09. The first-order valence-electron chi connectivity index (χ1n) is 10.2. The zero-order chi connectivity index (χ0) is 22.7. The number of anilines is 3.